The van der Waals surface area contributed by atoms with Crippen LogP contribution in [-0.2, 0) is 27.5 Å². The third-order valence-electron chi connectivity index (χ3n) is 5.03. The molecular formula is C23H22N4O5S2. The molecule has 0 atom stereocenters. The van der Waals surface area contributed by atoms with E-state index in [0.717, 1.165) is 16.2 Å². The number of carbonyl (C=O) groups is 2. The summed E-state index contributed by atoms with van der Waals surface area (Å²) in [5.74, 6) is 0.0642. The molecule has 0 bridgehead atoms. The Morgan fingerprint density at radius 2 is 1.97 bits per heavy atom. The summed E-state index contributed by atoms with van der Waals surface area (Å²) in [6.07, 6.45) is 1.35. The van der Waals surface area contributed by atoms with Crippen molar-refractivity contribution in [2.45, 2.75) is 27.0 Å². The van der Waals surface area contributed by atoms with Crippen molar-refractivity contribution in [2.24, 2.45) is 0 Å². The molecule has 4 rings (SSSR count). The largest absolute Gasteiger partial charge is 0.497 e. The van der Waals surface area contributed by atoms with Crippen molar-refractivity contribution in [1.29, 1.82) is 0 Å². The van der Waals surface area contributed by atoms with Gasteiger partial charge in [0.1, 0.15) is 23.6 Å². The SMILES string of the molecule is CCN(C(C)=O)c1nc(COC(=O)Cn2cnc3cc(-c4ccc(OC)cc4)sc3c2=O)cs1. The Hall–Kier alpha value is -3.57. The van der Waals surface area contributed by atoms with E-state index in [0.29, 0.717) is 27.6 Å². The van der Waals surface area contributed by atoms with E-state index < -0.39 is 5.97 Å². The molecule has 0 aliphatic carbocycles. The van der Waals surface area contributed by atoms with Crippen LogP contribution in [0.1, 0.15) is 19.5 Å². The Balaban J connectivity index is 1.44. The number of nitrogens with zero attached hydrogens (tertiary/aromatic N) is 4. The van der Waals surface area contributed by atoms with Crippen molar-refractivity contribution < 1.29 is 19.1 Å². The Morgan fingerprint density at radius 1 is 1.21 bits per heavy atom. The fourth-order valence-corrected chi connectivity index (χ4v) is 5.26. The first-order chi connectivity index (χ1) is 16.4. The Bertz CT molecular complexity index is 1390. The molecule has 0 fully saturated rings. The van der Waals surface area contributed by atoms with Gasteiger partial charge < -0.3 is 9.47 Å². The summed E-state index contributed by atoms with van der Waals surface area (Å²) in [5.41, 5.74) is 1.76. The number of carbonyl (C=O) groups excluding carboxylic acids is 2. The average Bonchev–Trinajstić information content (AvgIpc) is 3.48. The number of aromatic nitrogens is 3. The van der Waals surface area contributed by atoms with Crippen LogP contribution in [0.4, 0.5) is 5.13 Å². The van der Waals surface area contributed by atoms with E-state index in [4.69, 9.17) is 9.47 Å². The lowest BCUT2D eigenvalue weighted by atomic mass is 10.2. The number of rotatable bonds is 8. The lowest BCUT2D eigenvalue weighted by Gasteiger charge is -2.14. The summed E-state index contributed by atoms with van der Waals surface area (Å²) in [7, 11) is 1.61. The van der Waals surface area contributed by atoms with Crippen LogP contribution < -0.4 is 15.2 Å². The molecule has 0 aliphatic rings. The maximum Gasteiger partial charge on any atom is 0.326 e. The second-order valence-electron chi connectivity index (χ2n) is 7.28. The van der Waals surface area contributed by atoms with Crippen molar-refractivity contribution in [3.8, 4) is 16.2 Å². The standard InChI is InChI=1S/C23H22N4O5S2/c1-4-27(14(2)28)23-25-16(12-33-23)11-32-20(29)10-26-13-24-18-9-19(34-21(18)22(26)30)15-5-7-17(31-3)8-6-15/h5-9,12-13H,4,10-11H2,1-3H3. The van der Waals surface area contributed by atoms with Crippen molar-refractivity contribution in [3.63, 3.8) is 0 Å². The monoisotopic (exact) mass is 498 g/mol. The average molecular weight is 499 g/mol. The van der Waals surface area contributed by atoms with E-state index >= 15 is 0 Å². The van der Waals surface area contributed by atoms with E-state index in [9.17, 15) is 14.4 Å². The van der Waals surface area contributed by atoms with Crippen molar-refractivity contribution in [3.05, 3.63) is 58.1 Å². The van der Waals surface area contributed by atoms with Gasteiger partial charge in [-0.25, -0.2) is 9.97 Å². The minimum Gasteiger partial charge on any atom is -0.497 e. The highest BCUT2D eigenvalue weighted by molar-refractivity contribution is 7.22. The number of thiophene rings is 1. The lowest BCUT2D eigenvalue weighted by molar-refractivity contribution is -0.145. The van der Waals surface area contributed by atoms with Gasteiger partial charge in [-0.3, -0.25) is 23.9 Å². The third-order valence-corrected chi connectivity index (χ3v) is 7.10. The second-order valence-corrected chi connectivity index (χ2v) is 9.17. The number of methoxy groups -OCH3 is 1. The Labute approximate surface area is 203 Å². The lowest BCUT2D eigenvalue weighted by Crippen LogP contribution is -2.27. The topological polar surface area (TPSA) is 104 Å². The highest BCUT2D eigenvalue weighted by atomic mass is 32.1. The molecule has 3 heterocycles. The summed E-state index contributed by atoms with van der Waals surface area (Å²) in [6, 6.07) is 9.39. The zero-order valence-electron chi connectivity index (χ0n) is 18.8. The fraction of sp³-hybridized carbons (Fsp3) is 0.261. The van der Waals surface area contributed by atoms with Crippen LogP contribution >= 0.6 is 22.7 Å². The highest BCUT2D eigenvalue weighted by Crippen LogP contribution is 2.31. The van der Waals surface area contributed by atoms with Gasteiger partial charge in [-0.1, -0.05) is 0 Å². The summed E-state index contributed by atoms with van der Waals surface area (Å²) in [4.78, 5) is 48.0. The molecule has 0 saturated heterocycles. The minimum atomic E-state index is -0.580. The molecule has 176 valence electrons. The number of thiazole rings is 1. The molecule has 34 heavy (non-hydrogen) atoms. The number of amides is 1. The van der Waals surface area contributed by atoms with Crippen LogP contribution in [0.25, 0.3) is 20.7 Å². The van der Waals surface area contributed by atoms with Gasteiger partial charge in [-0.15, -0.1) is 22.7 Å². The first-order valence-electron chi connectivity index (χ1n) is 10.4. The number of anilines is 1. The van der Waals surface area contributed by atoms with Gasteiger partial charge >= 0.3 is 5.97 Å². The minimum absolute atomic E-state index is 0.0458. The molecule has 0 spiro atoms. The maximum atomic E-state index is 12.9. The predicted octanol–water partition coefficient (Wildman–Crippen LogP) is 3.71. The molecule has 0 radical (unpaired) electrons. The van der Waals surface area contributed by atoms with E-state index in [1.54, 1.807) is 12.5 Å². The molecule has 9 nitrogen and oxygen atoms in total. The quantitative estimate of drug-likeness (QED) is 0.341. The highest BCUT2D eigenvalue weighted by Gasteiger charge is 2.16. The maximum absolute atomic E-state index is 12.9. The molecule has 4 aromatic rings. The van der Waals surface area contributed by atoms with E-state index in [2.05, 4.69) is 9.97 Å². The third kappa shape index (κ3) is 5.00. The van der Waals surface area contributed by atoms with Gasteiger partial charge in [0.25, 0.3) is 5.56 Å². The molecule has 0 unspecified atom stereocenters. The van der Waals surface area contributed by atoms with Crippen LogP contribution in [0.15, 0.2) is 46.8 Å². The molecule has 0 saturated carbocycles. The van der Waals surface area contributed by atoms with E-state index in [1.165, 1.54) is 45.4 Å². The number of fused-ring (bicyclic) bond motifs is 1. The van der Waals surface area contributed by atoms with Crippen molar-refractivity contribution >= 4 is 49.9 Å². The molecule has 1 amide bonds. The van der Waals surface area contributed by atoms with Crippen LogP contribution in [0.2, 0.25) is 0 Å². The van der Waals surface area contributed by atoms with E-state index in [-0.39, 0.29) is 24.6 Å². The van der Waals surface area contributed by atoms with Gasteiger partial charge in [-0.2, -0.15) is 0 Å². The number of hydrogen-bond acceptors (Lipinski definition) is 9. The summed E-state index contributed by atoms with van der Waals surface area (Å²) < 4.78 is 12.2. The zero-order chi connectivity index (χ0) is 24.2. The number of benzene rings is 1. The Morgan fingerprint density at radius 3 is 2.65 bits per heavy atom. The van der Waals surface area contributed by atoms with Crippen LogP contribution in [0.3, 0.4) is 0 Å². The second kappa shape index (κ2) is 10.1. The fourth-order valence-electron chi connectivity index (χ4n) is 3.27. The summed E-state index contributed by atoms with van der Waals surface area (Å²) in [6.45, 7) is 3.53. The van der Waals surface area contributed by atoms with Crippen LogP contribution in [0, 0.1) is 0 Å². The normalized spacial score (nSPS) is 10.9. The van der Waals surface area contributed by atoms with Crippen molar-refractivity contribution in [1.82, 2.24) is 14.5 Å². The molecule has 1 aromatic carbocycles. The number of ether oxygens (including phenoxy) is 2. The van der Waals surface area contributed by atoms with Gasteiger partial charge in [0.2, 0.25) is 5.91 Å². The smallest absolute Gasteiger partial charge is 0.326 e. The summed E-state index contributed by atoms with van der Waals surface area (Å²) >= 11 is 2.63. The van der Waals surface area contributed by atoms with Gasteiger partial charge in [0.15, 0.2) is 5.13 Å². The summed E-state index contributed by atoms with van der Waals surface area (Å²) in [5, 5.41) is 2.29. The Kier molecular flexibility index (Phi) is 7.03. The van der Waals surface area contributed by atoms with Crippen LogP contribution in [-0.4, -0.2) is 40.1 Å². The van der Waals surface area contributed by atoms with Crippen molar-refractivity contribution in [2.75, 3.05) is 18.6 Å². The first kappa shape index (κ1) is 23.6. The molecule has 11 heteroatoms. The number of hydrogen-bond donors (Lipinski definition) is 0. The first-order valence-corrected chi connectivity index (χ1v) is 12.1. The van der Waals surface area contributed by atoms with E-state index in [1.807, 2.05) is 37.3 Å². The zero-order valence-corrected chi connectivity index (χ0v) is 20.4. The predicted molar refractivity (Wildman–Crippen MR) is 131 cm³/mol. The molecule has 3 aromatic heterocycles. The van der Waals surface area contributed by atoms with Gasteiger partial charge in [-0.05, 0) is 42.8 Å². The number of esters is 1. The molecule has 0 N–H and O–H groups in total. The van der Waals surface area contributed by atoms with Crippen LogP contribution in [0.5, 0.6) is 5.75 Å². The van der Waals surface area contributed by atoms with Gasteiger partial charge in [0.05, 0.1) is 24.6 Å². The molecule has 0 aliphatic heterocycles. The molecular weight excluding hydrogens is 476 g/mol. The van der Waals surface area contributed by atoms with Gasteiger partial charge in [0, 0.05) is 23.7 Å².